The third kappa shape index (κ3) is 3.82. The number of nitrogens with zero attached hydrogens (tertiary/aromatic N) is 4. The number of hydrogen-bond acceptors (Lipinski definition) is 7. The molecule has 10 nitrogen and oxygen atoms in total. The van der Waals surface area contributed by atoms with Gasteiger partial charge >= 0.3 is 11.7 Å². The van der Waals surface area contributed by atoms with Crippen LogP contribution in [0.1, 0.15) is 13.8 Å². The van der Waals surface area contributed by atoms with Gasteiger partial charge in [-0.3, -0.25) is 23.5 Å². The van der Waals surface area contributed by atoms with Gasteiger partial charge in [0, 0.05) is 20.6 Å². The molecule has 1 N–H and O–H groups in total. The first-order valence-corrected chi connectivity index (χ1v) is 9.01. The Morgan fingerprint density at radius 3 is 2.50 bits per heavy atom. The molecule has 142 valence electrons. The van der Waals surface area contributed by atoms with Crippen molar-refractivity contribution in [2.24, 2.45) is 14.1 Å². The Morgan fingerprint density at radius 1 is 1.19 bits per heavy atom. The van der Waals surface area contributed by atoms with Crippen molar-refractivity contribution in [3.63, 3.8) is 0 Å². The molecule has 1 amide bonds. The van der Waals surface area contributed by atoms with Crippen LogP contribution in [0.25, 0.3) is 11.2 Å². The fraction of sp³-hybridized carbons (Fsp3) is 0.533. The SMILES string of the molecule is CCOC(=O)CNC(=O)CSc1nc2c(c(=O)n(C)c(=O)n2C)n1CC. The van der Waals surface area contributed by atoms with Gasteiger partial charge in [0.05, 0.1) is 12.4 Å². The minimum absolute atomic E-state index is 0.0109. The zero-order chi connectivity index (χ0) is 19.4. The minimum Gasteiger partial charge on any atom is -0.465 e. The van der Waals surface area contributed by atoms with Crippen molar-refractivity contribution in [3.05, 3.63) is 20.8 Å². The molecule has 0 aliphatic carbocycles. The molecule has 2 aromatic heterocycles. The van der Waals surface area contributed by atoms with Crippen LogP contribution < -0.4 is 16.6 Å². The van der Waals surface area contributed by atoms with Gasteiger partial charge in [-0.25, -0.2) is 9.78 Å². The van der Waals surface area contributed by atoms with E-state index in [1.54, 1.807) is 11.5 Å². The quantitative estimate of drug-likeness (QED) is 0.492. The van der Waals surface area contributed by atoms with E-state index in [9.17, 15) is 19.2 Å². The zero-order valence-corrected chi connectivity index (χ0v) is 15.9. The number of esters is 1. The van der Waals surface area contributed by atoms with E-state index in [1.165, 1.54) is 18.7 Å². The van der Waals surface area contributed by atoms with E-state index < -0.39 is 17.2 Å². The summed E-state index contributed by atoms with van der Waals surface area (Å²) in [4.78, 5) is 51.9. The first kappa shape index (κ1) is 19.8. The molecule has 0 atom stereocenters. The third-order valence-electron chi connectivity index (χ3n) is 3.70. The van der Waals surface area contributed by atoms with E-state index in [4.69, 9.17) is 4.74 Å². The largest absolute Gasteiger partial charge is 0.465 e. The average Bonchev–Trinajstić information content (AvgIpc) is 3.00. The highest BCUT2D eigenvalue weighted by Crippen LogP contribution is 2.21. The highest BCUT2D eigenvalue weighted by atomic mass is 32.2. The molecule has 0 fully saturated rings. The first-order valence-electron chi connectivity index (χ1n) is 8.03. The number of rotatable bonds is 7. The predicted molar refractivity (Wildman–Crippen MR) is 96.3 cm³/mol. The molecular weight excluding hydrogens is 362 g/mol. The number of hydrogen-bond donors (Lipinski definition) is 1. The maximum atomic E-state index is 12.4. The Morgan fingerprint density at radius 2 is 1.88 bits per heavy atom. The summed E-state index contributed by atoms with van der Waals surface area (Å²) in [6.45, 7) is 4.03. The molecule has 11 heteroatoms. The van der Waals surface area contributed by atoms with Gasteiger partial charge in [-0.2, -0.15) is 0 Å². The lowest BCUT2D eigenvalue weighted by Crippen LogP contribution is -2.37. The van der Waals surface area contributed by atoms with Crippen molar-refractivity contribution in [1.82, 2.24) is 24.0 Å². The number of ether oxygens (including phenoxy) is 1. The maximum Gasteiger partial charge on any atom is 0.332 e. The van der Waals surface area contributed by atoms with Crippen LogP contribution in [0, 0.1) is 0 Å². The fourth-order valence-corrected chi connectivity index (χ4v) is 3.28. The third-order valence-corrected chi connectivity index (χ3v) is 4.67. The Hall–Kier alpha value is -2.56. The van der Waals surface area contributed by atoms with E-state index in [0.717, 1.165) is 16.3 Å². The van der Waals surface area contributed by atoms with E-state index in [0.29, 0.717) is 17.2 Å². The van der Waals surface area contributed by atoms with Crippen LogP contribution in [0.15, 0.2) is 14.7 Å². The van der Waals surface area contributed by atoms with E-state index >= 15 is 0 Å². The summed E-state index contributed by atoms with van der Waals surface area (Å²) in [7, 11) is 2.95. The lowest BCUT2D eigenvalue weighted by atomic mass is 10.5. The van der Waals surface area contributed by atoms with Crippen LogP contribution in [-0.2, 0) is 35.0 Å². The molecule has 0 aromatic carbocycles. The van der Waals surface area contributed by atoms with Gasteiger partial charge in [-0.15, -0.1) is 0 Å². The van der Waals surface area contributed by atoms with E-state index in [2.05, 4.69) is 10.3 Å². The molecule has 0 aliphatic rings. The Labute approximate surface area is 153 Å². The van der Waals surface area contributed by atoms with Crippen molar-refractivity contribution in [1.29, 1.82) is 0 Å². The monoisotopic (exact) mass is 383 g/mol. The maximum absolute atomic E-state index is 12.4. The molecule has 26 heavy (non-hydrogen) atoms. The Bertz CT molecular complexity index is 958. The lowest BCUT2D eigenvalue weighted by molar-refractivity contribution is -0.143. The van der Waals surface area contributed by atoms with E-state index in [1.807, 2.05) is 6.92 Å². The van der Waals surface area contributed by atoms with Crippen LogP contribution >= 0.6 is 11.8 Å². The Kier molecular flexibility index (Phi) is 6.24. The highest BCUT2D eigenvalue weighted by Gasteiger charge is 2.19. The van der Waals surface area contributed by atoms with Crippen molar-refractivity contribution < 1.29 is 14.3 Å². The second kappa shape index (κ2) is 8.21. The van der Waals surface area contributed by atoms with Gasteiger partial charge in [0.25, 0.3) is 5.56 Å². The van der Waals surface area contributed by atoms with Crippen molar-refractivity contribution in [3.8, 4) is 0 Å². The van der Waals surface area contributed by atoms with Gasteiger partial charge in [0.15, 0.2) is 16.3 Å². The summed E-state index contributed by atoms with van der Waals surface area (Å²) in [5.74, 6) is -0.860. The average molecular weight is 383 g/mol. The van der Waals surface area contributed by atoms with Crippen LogP contribution in [-0.4, -0.2) is 49.5 Å². The van der Waals surface area contributed by atoms with Gasteiger partial charge in [0.1, 0.15) is 6.54 Å². The van der Waals surface area contributed by atoms with Gasteiger partial charge < -0.3 is 14.6 Å². The second-order valence-electron chi connectivity index (χ2n) is 5.39. The number of fused-ring (bicyclic) bond motifs is 1. The summed E-state index contributed by atoms with van der Waals surface area (Å²) in [5.41, 5.74) is -0.316. The first-order chi connectivity index (χ1) is 12.3. The van der Waals surface area contributed by atoms with Crippen LogP contribution in [0.3, 0.4) is 0 Å². The highest BCUT2D eigenvalue weighted by molar-refractivity contribution is 7.99. The molecule has 0 radical (unpaired) electrons. The number of nitrogens with one attached hydrogen (secondary N) is 1. The zero-order valence-electron chi connectivity index (χ0n) is 15.1. The summed E-state index contributed by atoms with van der Waals surface area (Å²) in [6, 6.07) is 0. The topological polar surface area (TPSA) is 117 Å². The summed E-state index contributed by atoms with van der Waals surface area (Å²) >= 11 is 1.12. The second-order valence-corrected chi connectivity index (χ2v) is 6.33. The normalized spacial score (nSPS) is 10.9. The molecule has 2 rings (SSSR count). The molecule has 2 heterocycles. The molecule has 0 saturated heterocycles. The number of thioether (sulfide) groups is 1. The molecule has 0 spiro atoms. The molecule has 0 bridgehead atoms. The van der Waals surface area contributed by atoms with Gasteiger partial charge in [0.2, 0.25) is 5.91 Å². The molecular formula is C15H21N5O5S. The molecule has 2 aromatic rings. The summed E-state index contributed by atoms with van der Waals surface area (Å²) in [5, 5.41) is 2.91. The summed E-state index contributed by atoms with van der Waals surface area (Å²) in [6.07, 6.45) is 0. The molecule has 0 saturated carbocycles. The number of amides is 1. The van der Waals surface area contributed by atoms with Crippen molar-refractivity contribution in [2.45, 2.75) is 25.5 Å². The summed E-state index contributed by atoms with van der Waals surface area (Å²) < 4.78 is 8.72. The number of carbonyl (C=O) groups is 2. The van der Waals surface area contributed by atoms with Gasteiger partial charge in [-0.05, 0) is 13.8 Å². The van der Waals surface area contributed by atoms with Crippen LogP contribution in [0.2, 0.25) is 0 Å². The number of aromatic nitrogens is 4. The fourth-order valence-electron chi connectivity index (χ4n) is 2.39. The van der Waals surface area contributed by atoms with Crippen LogP contribution in [0.4, 0.5) is 0 Å². The number of carbonyl (C=O) groups excluding carboxylic acids is 2. The molecule has 0 unspecified atom stereocenters. The van der Waals surface area contributed by atoms with Crippen LogP contribution in [0.5, 0.6) is 0 Å². The van der Waals surface area contributed by atoms with Gasteiger partial charge in [-0.1, -0.05) is 11.8 Å². The van der Waals surface area contributed by atoms with Crippen molar-refractivity contribution in [2.75, 3.05) is 18.9 Å². The number of aryl methyl sites for hydroxylation is 2. The molecule has 0 aliphatic heterocycles. The lowest BCUT2D eigenvalue weighted by Gasteiger charge is -2.07. The standard InChI is InChI=1S/C15H21N5O5S/c1-5-20-11-12(18(3)15(24)19(4)13(11)23)17-14(20)26-8-9(21)16-7-10(22)25-6-2/h5-8H2,1-4H3,(H,16,21). The van der Waals surface area contributed by atoms with Crippen molar-refractivity contribution >= 4 is 34.8 Å². The Balaban J connectivity index is 2.23. The number of imidazole rings is 1. The minimum atomic E-state index is -0.509. The predicted octanol–water partition coefficient (Wildman–Crippen LogP) is -0.775. The van der Waals surface area contributed by atoms with E-state index in [-0.39, 0.29) is 30.5 Å². The smallest absolute Gasteiger partial charge is 0.332 e.